The second-order valence-corrected chi connectivity index (χ2v) is 10.0. The van der Waals surface area contributed by atoms with Crippen LogP contribution in [0.15, 0.2) is 16.7 Å². The Kier molecular flexibility index (Phi) is 3.52. The van der Waals surface area contributed by atoms with Gasteiger partial charge in [-0.25, -0.2) is 0 Å². The highest BCUT2D eigenvalue weighted by atomic mass is 16.6. The van der Waals surface area contributed by atoms with Crippen LogP contribution in [0.1, 0.15) is 64.2 Å². The first-order chi connectivity index (χ1) is 13.1. The summed E-state index contributed by atoms with van der Waals surface area (Å²) < 4.78 is 17.4. The molecule has 1 N–H and O–H groups in total. The van der Waals surface area contributed by atoms with E-state index in [0.717, 1.165) is 17.7 Å². The first-order valence-corrected chi connectivity index (χ1v) is 10.3. The molecule has 3 aliphatic carbocycles. The van der Waals surface area contributed by atoms with E-state index in [2.05, 4.69) is 20.8 Å². The normalized spacial score (nSPS) is 45.5. The number of fused-ring (bicyclic) bond motifs is 4. The van der Waals surface area contributed by atoms with Gasteiger partial charge in [-0.2, -0.15) is 0 Å². The van der Waals surface area contributed by atoms with Crippen molar-refractivity contribution in [3.63, 3.8) is 0 Å². The number of hydrogen-bond donors (Lipinski definition) is 1. The van der Waals surface area contributed by atoms with E-state index in [1.807, 2.05) is 6.07 Å². The van der Waals surface area contributed by atoms with Gasteiger partial charge >= 0.3 is 11.9 Å². The lowest BCUT2D eigenvalue weighted by molar-refractivity contribution is -0.289. The quantitative estimate of drug-likeness (QED) is 0.745. The highest BCUT2D eigenvalue weighted by Gasteiger charge is 2.74. The summed E-state index contributed by atoms with van der Waals surface area (Å²) in [5, 5.41) is 12.2. The molecule has 2 saturated carbocycles. The van der Waals surface area contributed by atoms with Crippen molar-refractivity contribution >= 4 is 11.9 Å². The van der Waals surface area contributed by atoms with Gasteiger partial charge in [0.05, 0.1) is 17.8 Å². The molecule has 1 unspecified atom stereocenters. The molecule has 0 spiro atoms. The van der Waals surface area contributed by atoms with Crippen LogP contribution in [-0.2, 0) is 25.5 Å². The molecule has 1 aliphatic heterocycles. The Hall–Kier alpha value is -1.82. The second kappa shape index (κ2) is 5.41. The van der Waals surface area contributed by atoms with Crippen LogP contribution in [0.3, 0.4) is 0 Å². The zero-order valence-electron chi connectivity index (χ0n) is 16.9. The van der Waals surface area contributed by atoms with E-state index in [9.17, 15) is 14.7 Å². The summed E-state index contributed by atoms with van der Waals surface area (Å²) >= 11 is 0. The number of carbonyl (C=O) groups excluding carboxylic acids is 2. The highest BCUT2D eigenvalue weighted by Crippen LogP contribution is 2.69. The van der Waals surface area contributed by atoms with Crippen LogP contribution >= 0.6 is 0 Å². The Bertz CT molecular complexity index is 855. The molecular weight excluding hydrogens is 360 g/mol. The maximum absolute atomic E-state index is 12.8. The largest absolute Gasteiger partial charge is 0.469 e. The molecule has 0 radical (unpaired) electrons. The molecule has 1 saturated heterocycles. The van der Waals surface area contributed by atoms with Gasteiger partial charge in [0.1, 0.15) is 18.0 Å². The van der Waals surface area contributed by atoms with Crippen LogP contribution in [0, 0.1) is 22.7 Å². The number of carbonyl (C=O) groups is 2. The molecule has 0 amide bonds. The van der Waals surface area contributed by atoms with Crippen LogP contribution in [0.25, 0.3) is 0 Å². The van der Waals surface area contributed by atoms with Gasteiger partial charge in [0.2, 0.25) is 0 Å². The van der Waals surface area contributed by atoms with Gasteiger partial charge in [-0.05, 0) is 30.2 Å². The molecular formula is C22H28O6. The molecule has 5 rings (SSSR count). The molecule has 3 fully saturated rings. The van der Waals surface area contributed by atoms with E-state index in [4.69, 9.17) is 13.9 Å². The van der Waals surface area contributed by atoms with Gasteiger partial charge < -0.3 is 19.0 Å². The minimum absolute atomic E-state index is 0.0326. The van der Waals surface area contributed by atoms with Crippen molar-refractivity contribution in [2.24, 2.45) is 22.7 Å². The van der Waals surface area contributed by atoms with Gasteiger partial charge in [-0.3, -0.25) is 9.59 Å². The van der Waals surface area contributed by atoms with Crippen molar-refractivity contribution < 1.29 is 28.6 Å². The third kappa shape index (κ3) is 1.97. The number of esters is 2. The number of hydrogen-bond acceptors (Lipinski definition) is 6. The van der Waals surface area contributed by atoms with Gasteiger partial charge in [0.25, 0.3) is 0 Å². The van der Waals surface area contributed by atoms with Gasteiger partial charge in [0, 0.05) is 36.7 Å². The second-order valence-electron chi connectivity index (χ2n) is 10.0. The van der Waals surface area contributed by atoms with Crippen molar-refractivity contribution in [1.82, 2.24) is 0 Å². The van der Waals surface area contributed by atoms with Crippen LogP contribution in [0.2, 0.25) is 0 Å². The summed E-state index contributed by atoms with van der Waals surface area (Å²) in [5.41, 5.74) is -1.29. The summed E-state index contributed by atoms with van der Waals surface area (Å²) in [7, 11) is 0. The lowest BCUT2D eigenvalue weighted by Crippen LogP contribution is -2.73. The maximum Gasteiger partial charge on any atom is 0.314 e. The zero-order valence-corrected chi connectivity index (χ0v) is 16.9. The van der Waals surface area contributed by atoms with Crippen molar-refractivity contribution in [3.8, 4) is 0 Å². The van der Waals surface area contributed by atoms with E-state index in [1.54, 1.807) is 6.26 Å². The Balaban J connectivity index is 1.70. The van der Waals surface area contributed by atoms with Crippen LogP contribution in [-0.4, -0.2) is 34.9 Å². The Morgan fingerprint density at radius 3 is 2.79 bits per heavy atom. The fourth-order valence-electron chi connectivity index (χ4n) is 7.13. The van der Waals surface area contributed by atoms with Gasteiger partial charge in [-0.15, -0.1) is 0 Å². The van der Waals surface area contributed by atoms with Crippen molar-refractivity contribution in [2.45, 2.75) is 77.1 Å². The molecule has 152 valence electrons. The summed E-state index contributed by atoms with van der Waals surface area (Å²) in [5.74, 6) is -0.235. The third-order valence-electron chi connectivity index (χ3n) is 8.61. The molecule has 4 aliphatic rings. The lowest BCUT2D eigenvalue weighted by Gasteiger charge is -2.67. The Morgan fingerprint density at radius 2 is 2.07 bits per heavy atom. The minimum Gasteiger partial charge on any atom is -0.469 e. The molecule has 6 nitrogen and oxygen atoms in total. The van der Waals surface area contributed by atoms with Crippen LogP contribution in [0.4, 0.5) is 0 Å². The monoisotopic (exact) mass is 388 g/mol. The van der Waals surface area contributed by atoms with Gasteiger partial charge in [-0.1, -0.05) is 20.8 Å². The summed E-state index contributed by atoms with van der Waals surface area (Å²) in [6.07, 6.45) is 3.34. The lowest BCUT2D eigenvalue weighted by atomic mass is 9.40. The van der Waals surface area contributed by atoms with E-state index in [-0.39, 0.29) is 35.8 Å². The van der Waals surface area contributed by atoms with Crippen LogP contribution < -0.4 is 0 Å². The topological polar surface area (TPSA) is 86.0 Å². The fourth-order valence-corrected chi connectivity index (χ4v) is 7.13. The average molecular weight is 388 g/mol. The predicted molar refractivity (Wildman–Crippen MR) is 98.3 cm³/mol. The van der Waals surface area contributed by atoms with Crippen molar-refractivity contribution in [3.05, 3.63) is 23.7 Å². The average Bonchev–Trinajstić information content (AvgIpc) is 3.19. The van der Waals surface area contributed by atoms with Gasteiger partial charge in [0.15, 0.2) is 0 Å². The number of furan rings is 1. The first-order valence-electron chi connectivity index (χ1n) is 10.3. The first kappa shape index (κ1) is 18.2. The third-order valence-corrected chi connectivity index (χ3v) is 8.61. The molecule has 1 aromatic heterocycles. The zero-order chi connectivity index (χ0) is 20.1. The SMILES string of the molecule is CC(=O)OC1CCC(C)(C)[C@]2(O)C[C@@H]3OC(=O)[C@@H]4c5ccoc5C[C@@H]([C@@H]34)[C@@]12C. The standard InChI is InChI=1S/C22H28O6/c1-11(23)27-16-5-7-20(2,3)22(25)10-15-18-13(21(16,22)4)9-14-12(6-8-26-14)17(18)19(24)28-15/h6,8,13,15-18,25H,5,7,9-10H2,1-4H3/t13-,15-,16?,17+,18-,21-,22+/m0/s1. The highest BCUT2D eigenvalue weighted by molar-refractivity contribution is 5.82. The molecule has 0 bridgehead atoms. The minimum atomic E-state index is -1.12. The fraction of sp³-hybridized carbons (Fsp3) is 0.727. The number of ether oxygens (including phenoxy) is 2. The van der Waals surface area contributed by atoms with E-state index in [1.165, 1.54) is 6.92 Å². The molecule has 0 aromatic carbocycles. The van der Waals surface area contributed by atoms with E-state index < -0.39 is 22.5 Å². The van der Waals surface area contributed by atoms with Crippen molar-refractivity contribution in [1.29, 1.82) is 0 Å². The predicted octanol–water partition coefficient (Wildman–Crippen LogP) is 2.97. The summed E-state index contributed by atoms with van der Waals surface area (Å²) in [6.45, 7) is 7.62. The Morgan fingerprint density at radius 1 is 1.32 bits per heavy atom. The smallest absolute Gasteiger partial charge is 0.314 e. The molecule has 7 atom stereocenters. The molecule has 28 heavy (non-hydrogen) atoms. The van der Waals surface area contributed by atoms with Crippen molar-refractivity contribution in [2.75, 3.05) is 0 Å². The number of rotatable bonds is 1. The summed E-state index contributed by atoms with van der Waals surface area (Å²) in [6, 6.07) is 1.87. The maximum atomic E-state index is 12.8. The molecule has 6 heteroatoms. The van der Waals surface area contributed by atoms with E-state index in [0.29, 0.717) is 19.3 Å². The number of aliphatic hydroxyl groups is 1. The Labute approximate surface area is 164 Å². The molecule has 2 heterocycles. The van der Waals surface area contributed by atoms with Crippen LogP contribution in [0.5, 0.6) is 0 Å². The van der Waals surface area contributed by atoms with E-state index >= 15 is 0 Å². The molecule has 1 aromatic rings. The summed E-state index contributed by atoms with van der Waals surface area (Å²) in [4.78, 5) is 24.7.